The summed E-state index contributed by atoms with van der Waals surface area (Å²) in [4.78, 5) is 0. The van der Waals surface area contributed by atoms with Gasteiger partial charge >= 0.3 is 0 Å². The summed E-state index contributed by atoms with van der Waals surface area (Å²) < 4.78 is 10.6. The van der Waals surface area contributed by atoms with Crippen molar-refractivity contribution in [2.24, 2.45) is 5.41 Å². The molecule has 10 nitrogen and oxygen atoms in total. The fourth-order valence-corrected chi connectivity index (χ4v) is 2.80. The third kappa shape index (κ3) is 6.06. The van der Waals surface area contributed by atoms with Crippen LogP contribution in [-0.2, 0) is 9.47 Å². The highest BCUT2D eigenvalue weighted by atomic mass is 16.7. The van der Waals surface area contributed by atoms with Gasteiger partial charge in [-0.3, -0.25) is 0 Å². The fourth-order valence-electron chi connectivity index (χ4n) is 2.80. The molecule has 26 heavy (non-hydrogen) atoms. The summed E-state index contributed by atoms with van der Waals surface area (Å²) in [5.41, 5.74) is -0.375. The van der Waals surface area contributed by atoms with Crippen molar-refractivity contribution in [3.05, 3.63) is 0 Å². The SMILES string of the molecule is CC(C)(C)C[C@@H](O)[C@@H](O[C@H]1O[C@H](CO)[C@@H](O)[C@H](O)[C@@H]1O)[C@H](O)[C@H](O)CO. The Bertz CT molecular complexity index is 412. The molecule has 0 spiro atoms. The van der Waals surface area contributed by atoms with E-state index in [9.17, 15) is 35.7 Å². The monoisotopic (exact) mass is 384 g/mol. The minimum absolute atomic E-state index is 0.143. The zero-order valence-electron chi connectivity index (χ0n) is 15.2. The van der Waals surface area contributed by atoms with Crippen LogP contribution in [-0.4, -0.2) is 109 Å². The second kappa shape index (κ2) is 9.69. The highest BCUT2D eigenvalue weighted by Crippen LogP contribution is 2.28. The first-order valence-corrected chi connectivity index (χ1v) is 8.54. The molecule has 1 heterocycles. The van der Waals surface area contributed by atoms with Crippen molar-refractivity contribution in [2.45, 2.75) is 82.3 Å². The Morgan fingerprint density at radius 1 is 0.923 bits per heavy atom. The molecule has 0 aromatic rings. The lowest BCUT2D eigenvalue weighted by Gasteiger charge is -2.42. The van der Waals surface area contributed by atoms with Crippen molar-refractivity contribution in [1.82, 2.24) is 0 Å². The number of hydrogen-bond donors (Lipinski definition) is 8. The lowest BCUT2D eigenvalue weighted by molar-refractivity contribution is -0.327. The summed E-state index contributed by atoms with van der Waals surface area (Å²) in [5, 5.41) is 78.3. The van der Waals surface area contributed by atoms with Gasteiger partial charge in [0.15, 0.2) is 6.29 Å². The molecule has 1 fully saturated rings. The number of rotatable bonds is 8. The van der Waals surface area contributed by atoms with Gasteiger partial charge in [-0.15, -0.1) is 0 Å². The molecular formula is C16H32O10. The van der Waals surface area contributed by atoms with Crippen molar-refractivity contribution < 1.29 is 50.3 Å². The number of ether oxygens (including phenoxy) is 2. The van der Waals surface area contributed by atoms with E-state index in [-0.39, 0.29) is 11.8 Å². The Hall–Kier alpha value is -0.400. The molecule has 0 unspecified atom stereocenters. The Morgan fingerprint density at radius 3 is 1.96 bits per heavy atom. The zero-order valence-corrected chi connectivity index (χ0v) is 15.2. The summed E-state index contributed by atoms with van der Waals surface area (Å²) in [6, 6.07) is 0. The number of aliphatic hydroxyl groups is 8. The maximum absolute atomic E-state index is 10.4. The van der Waals surface area contributed by atoms with E-state index in [1.54, 1.807) is 0 Å². The van der Waals surface area contributed by atoms with Crippen molar-refractivity contribution in [2.75, 3.05) is 13.2 Å². The second-order valence-corrected chi connectivity index (χ2v) is 7.87. The summed E-state index contributed by atoms with van der Waals surface area (Å²) in [5.74, 6) is 0. The van der Waals surface area contributed by atoms with Crippen molar-refractivity contribution >= 4 is 0 Å². The van der Waals surface area contributed by atoms with Crippen molar-refractivity contribution in [1.29, 1.82) is 0 Å². The van der Waals surface area contributed by atoms with Gasteiger partial charge in [0, 0.05) is 0 Å². The number of hydrogen-bond acceptors (Lipinski definition) is 10. The summed E-state index contributed by atoms with van der Waals surface area (Å²) in [6.07, 6.45) is -13.8. The van der Waals surface area contributed by atoms with Gasteiger partial charge in [-0.2, -0.15) is 0 Å². The van der Waals surface area contributed by atoms with Gasteiger partial charge in [-0.25, -0.2) is 0 Å². The summed E-state index contributed by atoms with van der Waals surface area (Å²) in [7, 11) is 0. The smallest absolute Gasteiger partial charge is 0.187 e. The molecule has 0 aromatic carbocycles. The van der Waals surface area contributed by atoms with Crippen molar-refractivity contribution in [3.63, 3.8) is 0 Å². The van der Waals surface area contributed by atoms with Crippen LogP contribution in [0.25, 0.3) is 0 Å². The van der Waals surface area contributed by atoms with E-state index in [0.29, 0.717) is 0 Å². The lowest BCUT2D eigenvalue weighted by atomic mass is 9.85. The molecule has 9 atom stereocenters. The molecular weight excluding hydrogens is 352 g/mol. The Kier molecular flexibility index (Phi) is 8.81. The van der Waals surface area contributed by atoms with Gasteiger partial charge in [-0.1, -0.05) is 20.8 Å². The molecule has 1 saturated heterocycles. The van der Waals surface area contributed by atoms with Crippen LogP contribution in [0.4, 0.5) is 0 Å². The van der Waals surface area contributed by atoms with E-state index in [1.165, 1.54) is 0 Å². The molecule has 0 bridgehead atoms. The van der Waals surface area contributed by atoms with Crippen LogP contribution in [0.3, 0.4) is 0 Å². The van der Waals surface area contributed by atoms with Gasteiger partial charge in [0.1, 0.15) is 42.7 Å². The minimum atomic E-state index is -1.73. The minimum Gasteiger partial charge on any atom is -0.394 e. The second-order valence-electron chi connectivity index (χ2n) is 7.87. The van der Waals surface area contributed by atoms with Crippen LogP contribution < -0.4 is 0 Å². The average molecular weight is 384 g/mol. The van der Waals surface area contributed by atoms with Crippen molar-refractivity contribution in [3.8, 4) is 0 Å². The van der Waals surface area contributed by atoms with Crippen LogP contribution in [0.5, 0.6) is 0 Å². The fraction of sp³-hybridized carbons (Fsp3) is 1.00. The molecule has 0 aliphatic carbocycles. The van der Waals surface area contributed by atoms with Gasteiger partial charge in [0.05, 0.1) is 19.3 Å². The standard InChI is InChI=1S/C16H32O10/c1-16(2,3)4-7(19)14(10(21)8(20)5-17)26-15-13(24)12(23)11(22)9(6-18)25-15/h7-15,17-24H,4-6H2,1-3H3/t7-,8-,9-,10-,11-,12+,13+,14-,15-/m1/s1. The Morgan fingerprint density at radius 2 is 1.50 bits per heavy atom. The molecule has 1 aliphatic heterocycles. The third-order valence-electron chi connectivity index (χ3n) is 4.26. The first-order valence-electron chi connectivity index (χ1n) is 8.54. The highest BCUT2D eigenvalue weighted by Gasteiger charge is 2.47. The largest absolute Gasteiger partial charge is 0.394 e. The normalized spacial score (nSPS) is 35.0. The van der Waals surface area contributed by atoms with E-state index < -0.39 is 68.3 Å². The molecule has 156 valence electrons. The Labute approximate surface area is 152 Å². The predicted molar refractivity (Wildman–Crippen MR) is 87.8 cm³/mol. The molecule has 1 rings (SSSR count). The van der Waals surface area contributed by atoms with Crippen LogP contribution in [0.15, 0.2) is 0 Å². The van der Waals surface area contributed by atoms with E-state index in [4.69, 9.17) is 14.6 Å². The molecule has 0 amide bonds. The Balaban J connectivity index is 2.99. The van der Waals surface area contributed by atoms with E-state index >= 15 is 0 Å². The molecule has 0 saturated carbocycles. The third-order valence-corrected chi connectivity index (χ3v) is 4.26. The first-order chi connectivity index (χ1) is 11.9. The van der Waals surface area contributed by atoms with Crippen LogP contribution in [0, 0.1) is 5.41 Å². The first kappa shape index (κ1) is 23.6. The van der Waals surface area contributed by atoms with Gasteiger partial charge < -0.3 is 50.3 Å². The van der Waals surface area contributed by atoms with Gasteiger partial charge in [-0.05, 0) is 11.8 Å². The lowest BCUT2D eigenvalue weighted by Crippen LogP contribution is -2.61. The average Bonchev–Trinajstić information content (AvgIpc) is 2.56. The maximum atomic E-state index is 10.4. The summed E-state index contributed by atoms with van der Waals surface area (Å²) >= 11 is 0. The summed E-state index contributed by atoms with van der Waals surface area (Å²) in [6.45, 7) is 4.03. The van der Waals surface area contributed by atoms with Crippen LogP contribution >= 0.6 is 0 Å². The number of aliphatic hydroxyl groups excluding tert-OH is 8. The van der Waals surface area contributed by atoms with E-state index in [1.807, 2.05) is 20.8 Å². The van der Waals surface area contributed by atoms with Gasteiger partial charge in [0.25, 0.3) is 0 Å². The van der Waals surface area contributed by atoms with E-state index in [2.05, 4.69) is 0 Å². The predicted octanol–water partition coefficient (Wildman–Crippen LogP) is -3.32. The topological polar surface area (TPSA) is 180 Å². The zero-order chi connectivity index (χ0) is 20.2. The molecule has 10 heteroatoms. The van der Waals surface area contributed by atoms with Gasteiger partial charge in [0.2, 0.25) is 0 Å². The van der Waals surface area contributed by atoms with Crippen LogP contribution in [0.1, 0.15) is 27.2 Å². The molecule has 1 aliphatic rings. The maximum Gasteiger partial charge on any atom is 0.187 e. The quantitative estimate of drug-likeness (QED) is 0.211. The van der Waals surface area contributed by atoms with Crippen LogP contribution in [0.2, 0.25) is 0 Å². The molecule has 8 N–H and O–H groups in total. The van der Waals surface area contributed by atoms with E-state index in [0.717, 1.165) is 0 Å². The molecule has 0 aromatic heterocycles. The molecule has 0 radical (unpaired) electrons. The highest BCUT2D eigenvalue weighted by molar-refractivity contribution is 4.91.